The fourth-order valence-electron chi connectivity index (χ4n) is 4.09. The van der Waals surface area contributed by atoms with Crippen molar-refractivity contribution in [3.8, 4) is 5.69 Å². The van der Waals surface area contributed by atoms with Crippen LogP contribution in [-0.4, -0.2) is 16.5 Å². The van der Waals surface area contributed by atoms with Crippen LogP contribution < -0.4 is 4.90 Å². The summed E-state index contributed by atoms with van der Waals surface area (Å²) in [6.07, 6.45) is 4.06. The summed E-state index contributed by atoms with van der Waals surface area (Å²) in [5, 5.41) is 2.45. The van der Waals surface area contributed by atoms with E-state index in [1.807, 2.05) is 49.2 Å². The Balaban J connectivity index is 0.00000228. The van der Waals surface area contributed by atoms with Crippen molar-refractivity contribution in [3.63, 3.8) is 0 Å². The number of nitrogens with zero attached hydrogens (tertiary/aromatic N) is 3. The standard InChI is InChI=1S/C28H19N3S.Pt/c1-29-16-17-30(20-29)22-10-7-11-23(18-22)32-24-14-15-28-26(19-24)25-12-5-6-13-27(25)31(28)21-8-3-2-4-9-21;/h2-8,10-13,15-17,19-20H,1H3;/q-4;+4. The Morgan fingerprint density at radius 2 is 1.64 bits per heavy atom. The zero-order valence-corrected chi connectivity index (χ0v) is 20.9. The maximum atomic E-state index is 3.52. The summed E-state index contributed by atoms with van der Waals surface area (Å²) in [5.74, 6) is 0. The molecule has 0 radical (unpaired) electrons. The first-order valence-corrected chi connectivity index (χ1v) is 11.2. The topological polar surface area (TPSA) is 11.4 Å². The van der Waals surface area contributed by atoms with E-state index in [0.717, 1.165) is 26.7 Å². The number of rotatable bonds is 4. The van der Waals surface area contributed by atoms with E-state index in [1.54, 1.807) is 11.8 Å². The van der Waals surface area contributed by atoms with Crippen LogP contribution in [0.15, 0.2) is 101 Å². The molecule has 0 saturated heterocycles. The summed E-state index contributed by atoms with van der Waals surface area (Å²) in [6, 6.07) is 37.6. The second-order valence-electron chi connectivity index (χ2n) is 7.69. The predicted octanol–water partition coefficient (Wildman–Crippen LogP) is 6.68. The minimum Gasteiger partial charge on any atom is -0.510 e. The fraction of sp³-hybridized carbons (Fsp3) is 0.0357. The first-order valence-electron chi connectivity index (χ1n) is 10.4. The average molecular weight is 625 g/mol. The van der Waals surface area contributed by atoms with Crippen LogP contribution >= 0.6 is 11.8 Å². The average Bonchev–Trinajstić information content (AvgIpc) is 3.41. The molecule has 0 unspecified atom stereocenters. The molecule has 0 bridgehead atoms. The fourth-order valence-corrected chi connectivity index (χ4v) is 4.92. The van der Waals surface area contributed by atoms with Crippen molar-refractivity contribution in [2.45, 2.75) is 9.79 Å². The molecule has 33 heavy (non-hydrogen) atoms. The van der Waals surface area contributed by atoms with E-state index in [-0.39, 0.29) is 21.1 Å². The largest absolute Gasteiger partial charge is 4.00 e. The molecule has 0 saturated carbocycles. The molecule has 3 nitrogen and oxygen atoms in total. The summed E-state index contributed by atoms with van der Waals surface area (Å²) < 4.78 is 2.26. The third-order valence-corrected chi connectivity index (χ3v) is 6.45. The number of anilines is 1. The van der Waals surface area contributed by atoms with Crippen molar-refractivity contribution in [2.75, 3.05) is 11.9 Å². The number of fused-ring (bicyclic) bond motifs is 3. The van der Waals surface area contributed by atoms with Crippen LogP contribution in [0.3, 0.4) is 0 Å². The summed E-state index contributed by atoms with van der Waals surface area (Å²) in [4.78, 5) is 6.23. The summed E-state index contributed by atoms with van der Waals surface area (Å²) in [6.45, 7) is 2.04. The molecule has 0 spiro atoms. The maximum absolute atomic E-state index is 3.52. The van der Waals surface area contributed by atoms with Gasteiger partial charge < -0.3 is 14.4 Å². The zero-order chi connectivity index (χ0) is 21.5. The molecule has 4 aromatic carbocycles. The van der Waals surface area contributed by atoms with Crippen LogP contribution in [0.2, 0.25) is 0 Å². The molecular weight excluding hydrogens is 605 g/mol. The van der Waals surface area contributed by atoms with Gasteiger partial charge in [-0.2, -0.15) is 61.3 Å². The maximum Gasteiger partial charge on any atom is 4.00 e. The first kappa shape index (κ1) is 21.9. The molecular formula is C28H19N3PtS. The van der Waals surface area contributed by atoms with Crippen molar-refractivity contribution in [1.29, 1.82) is 0 Å². The molecule has 0 fully saturated rings. The van der Waals surface area contributed by atoms with Gasteiger partial charge in [-0.1, -0.05) is 29.4 Å². The molecule has 0 amide bonds. The second-order valence-corrected chi connectivity index (χ2v) is 8.77. The number of benzene rings is 4. The SMILES string of the molecule is CN1C=CN(c2[c-]c(Sc3[c-]cc4c(c3)c3ccccc3n4-c3[c-]cccc3)ccc2)[CH-]1.[Pt+4]. The predicted molar refractivity (Wildman–Crippen MR) is 132 cm³/mol. The summed E-state index contributed by atoms with van der Waals surface area (Å²) in [5.41, 5.74) is 4.37. The molecule has 1 aliphatic heterocycles. The molecule has 162 valence electrons. The molecule has 2 heterocycles. The smallest absolute Gasteiger partial charge is 0.510 e. The van der Waals surface area contributed by atoms with Crippen molar-refractivity contribution < 1.29 is 21.1 Å². The third kappa shape index (κ3) is 4.10. The van der Waals surface area contributed by atoms with Crippen molar-refractivity contribution in [2.24, 2.45) is 0 Å². The summed E-state index contributed by atoms with van der Waals surface area (Å²) >= 11 is 1.68. The number of hydrogen-bond acceptors (Lipinski definition) is 3. The van der Waals surface area contributed by atoms with Gasteiger partial charge in [0, 0.05) is 5.52 Å². The Bertz CT molecular complexity index is 1460. The van der Waals surface area contributed by atoms with Crippen molar-refractivity contribution >= 4 is 39.3 Å². The molecule has 0 aliphatic carbocycles. The van der Waals surface area contributed by atoms with Crippen LogP contribution in [0.25, 0.3) is 27.5 Å². The first-order chi connectivity index (χ1) is 15.8. The van der Waals surface area contributed by atoms with E-state index >= 15 is 0 Å². The molecule has 5 aromatic rings. The van der Waals surface area contributed by atoms with Crippen molar-refractivity contribution in [1.82, 2.24) is 9.47 Å². The molecule has 1 aromatic heterocycles. The van der Waals surface area contributed by atoms with Gasteiger partial charge >= 0.3 is 21.1 Å². The van der Waals surface area contributed by atoms with Gasteiger partial charge in [-0.05, 0) is 30.9 Å². The molecule has 0 atom stereocenters. The molecule has 0 N–H and O–H groups in total. The Morgan fingerprint density at radius 1 is 0.788 bits per heavy atom. The van der Waals surface area contributed by atoms with Gasteiger partial charge in [-0.15, -0.1) is 50.8 Å². The van der Waals surface area contributed by atoms with Crippen LogP contribution in [0.4, 0.5) is 5.69 Å². The van der Waals surface area contributed by atoms with Gasteiger partial charge in [0.2, 0.25) is 0 Å². The summed E-state index contributed by atoms with van der Waals surface area (Å²) in [7, 11) is 2.02. The van der Waals surface area contributed by atoms with Crippen LogP contribution in [0, 0.1) is 24.9 Å². The van der Waals surface area contributed by atoms with Crippen LogP contribution in [0.5, 0.6) is 0 Å². The zero-order valence-electron chi connectivity index (χ0n) is 17.8. The minimum absolute atomic E-state index is 0. The Hall–Kier alpha value is -2.94. The van der Waals surface area contributed by atoms with E-state index in [0.29, 0.717) is 0 Å². The van der Waals surface area contributed by atoms with Gasteiger partial charge in [-0.25, -0.2) is 0 Å². The van der Waals surface area contributed by atoms with Crippen LogP contribution in [-0.2, 0) is 21.1 Å². The quantitative estimate of drug-likeness (QED) is 0.207. The van der Waals surface area contributed by atoms with Gasteiger partial charge in [0.05, 0.1) is 0 Å². The van der Waals surface area contributed by atoms with E-state index in [2.05, 4.69) is 88.3 Å². The van der Waals surface area contributed by atoms with Crippen molar-refractivity contribution in [3.05, 3.63) is 116 Å². The number of aromatic nitrogens is 1. The Morgan fingerprint density at radius 3 is 2.45 bits per heavy atom. The molecule has 1 aliphatic rings. The van der Waals surface area contributed by atoms with E-state index in [1.165, 1.54) is 16.3 Å². The normalized spacial score (nSPS) is 13.1. The third-order valence-electron chi connectivity index (χ3n) is 5.53. The molecule has 6 rings (SSSR count). The van der Waals surface area contributed by atoms with Gasteiger partial charge in [0.25, 0.3) is 0 Å². The monoisotopic (exact) mass is 624 g/mol. The van der Waals surface area contributed by atoms with Gasteiger partial charge in [0.1, 0.15) is 0 Å². The number of hydrogen-bond donors (Lipinski definition) is 0. The minimum atomic E-state index is 0. The van der Waals surface area contributed by atoms with Gasteiger partial charge in [0.15, 0.2) is 0 Å². The van der Waals surface area contributed by atoms with E-state index in [9.17, 15) is 0 Å². The molecule has 5 heteroatoms. The van der Waals surface area contributed by atoms with Crippen LogP contribution in [0.1, 0.15) is 0 Å². The number of para-hydroxylation sites is 2. The second kappa shape index (κ2) is 9.13. The Kier molecular flexibility index (Phi) is 6.05. The van der Waals surface area contributed by atoms with Gasteiger partial charge in [-0.3, -0.25) is 0 Å². The Labute approximate surface area is 212 Å². The van der Waals surface area contributed by atoms with E-state index in [4.69, 9.17) is 0 Å². The van der Waals surface area contributed by atoms with E-state index < -0.39 is 0 Å².